The van der Waals surface area contributed by atoms with Gasteiger partial charge in [0.1, 0.15) is 0 Å². The highest BCUT2D eigenvalue weighted by Gasteiger charge is 2.32. The summed E-state index contributed by atoms with van der Waals surface area (Å²) in [4.78, 5) is 21.1. The third-order valence-electron chi connectivity index (χ3n) is 3.89. The van der Waals surface area contributed by atoms with Crippen LogP contribution in [0.3, 0.4) is 0 Å². The Morgan fingerprint density at radius 3 is 2.46 bits per heavy atom. The number of nitro groups is 1. The van der Waals surface area contributed by atoms with Gasteiger partial charge in [-0.2, -0.15) is 9.97 Å². The molecule has 1 saturated heterocycles. The van der Waals surface area contributed by atoms with E-state index in [0.29, 0.717) is 23.8 Å². The number of benzene rings is 1. The summed E-state index contributed by atoms with van der Waals surface area (Å²) in [5.41, 5.74) is 6.26. The summed E-state index contributed by atoms with van der Waals surface area (Å²) in [6.07, 6.45) is -0.163. The minimum atomic E-state index is -0.554. The fourth-order valence-corrected chi connectivity index (χ4v) is 3.05. The Morgan fingerprint density at radius 2 is 1.88 bits per heavy atom. The second-order valence-electron chi connectivity index (χ2n) is 6.16. The third-order valence-corrected chi connectivity index (χ3v) is 4.15. The summed E-state index contributed by atoms with van der Waals surface area (Å²) in [5.74, 6) is 0.168. The highest BCUT2D eigenvalue weighted by atomic mass is 35.5. The Bertz CT molecular complexity index is 806. The first-order valence-electron chi connectivity index (χ1n) is 8.08. The van der Waals surface area contributed by atoms with Crippen molar-refractivity contribution in [1.82, 2.24) is 9.97 Å². The van der Waals surface area contributed by atoms with Crippen molar-refractivity contribution in [3.63, 3.8) is 0 Å². The van der Waals surface area contributed by atoms with E-state index >= 15 is 0 Å². The maximum atomic E-state index is 11.5. The quantitative estimate of drug-likeness (QED) is 0.615. The number of hydrogen-bond acceptors (Lipinski definition) is 8. The van der Waals surface area contributed by atoms with Crippen molar-refractivity contribution in [1.29, 1.82) is 0 Å². The molecular weight excluding hydrogens is 360 g/mol. The Labute approximate surface area is 155 Å². The number of rotatable bonds is 4. The molecule has 1 aromatic carbocycles. The fraction of sp³-hybridized carbons (Fsp3) is 0.375. The van der Waals surface area contributed by atoms with E-state index in [1.54, 1.807) is 24.3 Å². The molecule has 2 aromatic rings. The van der Waals surface area contributed by atoms with E-state index in [-0.39, 0.29) is 35.5 Å². The monoisotopic (exact) mass is 378 g/mol. The van der Waals surface area contributed by atoms with Gasteiger partial charge in [0.25, 0.3) is 0 Å². The molecule has 3 rings (SSSR count). The second-order valence-corrected chi connectivity index (χ2v) is 6.59. The standard InChI is InChI=1S/C16H19ClN6O3/c1-9-7-22(8-10(2)26-9)15-13(23(24)25)14(18)20-16(21-15)19-12-5-3-11(17)4-6-12/h3-6,9-10H,7-8H2,1-2H3,(H3,18,19,20,21)/t9-,10-/m1/s1. The zero-order valence-corrected chi connectivity index (χ0v) is 15.1. The molecule has 3 N–H and O–H groups in total. The molecule has 0 unspecified atom stereocenters. The molecule has 138 valence electrons. The third kappa shape index (κ3) is 3.94. The molecule has 0 amide bonds. The van der Waals surface area contributed by atoms with Crippen LogP contribution in [0.15, 0.2) is 24.3 Å². The van der Waals surface area contributed by atoms with Crippen LogP contribution in [0.2, 0.25) is 5.02 Å². The SMILES string of the molecule is C[C@@H]1CN(c2nc(Nc3ccc(Cl)cc3)nc(N)c2[N+](=O)[O-])C[C@@H](C)O1. The van der Waals surface area contributed by atoms with Gasteiger partial charge in [-0.25, -0.2) is 0 Å². The predicted molar refractivity (Wildman–Crippen MR) is 100 cm³/mol. The van der Waals surface area contributed by atoms with Crippen molar-refractivity contribution in [2.75, 3.05) is 29.0 Å². The Balaban J connectivity index is 1.99. The number of nitrogens with one attached hydrogen (secondary N) is 1. The van der Waals surface area contributed by atoms with Crippen molar-refractivity contribution in [2.45, 2.75) is 26.1 Å². The molecule has 0 radical (unpaired) electrons. The summed E-state index contributed by atoms with van der Waals surface area (Å²) in [5, 5.41) is 15.1. The van der Waals surface area contributed by atoms with Crippen LogP contribution in [0.25, 0.3) is 0 Å². The van der Waals surface area contributed by atoms with Gasteiger partial charge in [0.2, 0.25) is 17.6 Å². The lowest BCUT2D eigenvalue weighted by Gasteiger charge is -2.35. The normalized spacial score (nSPS) is 20.0. The first-order chi connectivity index (χ1) is 12.3. The van der Waals surface area contributed by atoms with E-state index in [2.05, 4.69) is 15.3 Å². The lowest BCUT2D eigenvalue weighted by atomic mass is 10.2. The molecule has 0 aliphatic carbocycles. The van der Waals surface area contributed by atoms with Crippen LogP contribution in [-0.4, -0.2) is 40.2 Å². The number of nitrogen functional groups attached to an aromatic ring is 1. The average Bonchev–Trinajstić information content (AvgIpc) is 2.55. The van der Waals surface area contributed by atoms with Gasteiger partial charge >= 0.3 is 5.69 Å². The van der Waals surface area contributed by atoms with Crippen LogP contribution < -0.4 is 16.0 Å². The summed E-state index contributed by atoms with van der Waals surface area (Å²) >= 11 is 5.88. The van der Waals surface area contributed by atoms with Gasteiger partial charge < -0.3 is 20.7 Å². The van der Waals surface area contributed by atoms with Crippen molar-refractivity contribution >= 4 is 40.6 Å². The molecule has 1 aromatic heterocycles. The molecular formula is C16H19ClN6O3. The Morgan fingerprint density at radius 1 is 1.27 bits per heavy atom. The van der Waals surface area contributed by atoms with Crippen LogP contribution >= 0.6 is 11.6 Å². The summed E-state index contributed by atoms with van der Waals surface area (Å²) in [7, 11) is 0. The zero-order valence-electron chi connectivity index (χ0n) is 14.3. The number of nitrogens with two attached hydrogens (primary N) is 1. The highest BCUT2D eigenvalue weighted by molar-refractivity contribution is 6.30. The number of nitrogens with zero attached hydrogens (tertiary/aromatic N) is 4. The molecule has 10 heteroatoms. The van der Waals surface area contributed by atoms with E-state index in [0.717, 1.165) is 0 Å². The number of anilines is 4. The topological polar surface area (TPSA) is 119 Å². The van der Waals surface area contributed by atoms with Crippen LogP contribution in [0.5, 0.6) is 0 Å². The maximum absolute atomic E-state index is 11.5. The summed E-state index contributed by atoms with van der Waals surface area (Å²) in [6, 6.07) is 6.93. The minimum Gasteiger partial charge on any atom is -0.378 e. The fourth-order valence-electron chi connectivity index (χ4n) is 2.92. The van der Waals surface area contributed by atoms with Gasteiger partial charge in [-0.1, -0.05) is 11.6 Å². The van der Waals surface area contributed by atoms with Gasteiger partial charge in [0.15, 0.2) is 0 Å². The number of aromatic nitrogens is 2. The van der Waals surface area contributed by atoms with Crippen molar-refractivity contribution in [3.05, 3.63) is 39.4 Å². The zero-order chi connectivity index (χ0) is 18.8. The van der Waals surface area contributed by atoms with Crippen LogP contribution in [-0.2, 0) is 4.74 Å². The average molecular weight is 379 g/mol. The largest absolute Gasteiger partial charge is 0.378 e. The molecule has 9 nitrogen and oxygen atoms in total. The van der Waals surface area contributed by atoms with Gasteiger partial charge in [-0.3, -0.25) is 10.1 Å². The number of morpholine rings is 1. The van der Waals surface area contributed by atoms with E-state index in [4.69, 9.17) is 22.1 Å². The highest BCUT2D eigenvalue weighted by Crippen LogP contribution is 2.34. The van der Waals surface area contributed by atoms with Crippen LogP contribution in [0.1, 0.15) is 13.8 Å². The number of hydrogen-bond donors (Lipinski definition) is 2. The molecule has 2 atom stereocenters. The minimum absolute atomic E-state index is 0.0813. The van der Waals surface area contributed by atoms with Gasteiger partial charge in [0.05, 0.1) is 17.1 Å². The molecule has 0 saturated carbocycles. The number of ether oxygens (including phenoxy) is 1. The first-order valence-corrected chi connectivity index (χ1v) is 8.46. The molecule has 1 aliphatic rings. The lowest BCUT2D eigenvalue weighted by molar-refractivity contribution is -0.383. The summed E-state index contributed by atoms with van der Waals surface area (Å²) in [6.45, 7) is 4.77. The van der Waals surface area contributed by atoms with Crippen LogP contribution in [0, 0.1) is 10.1 Å². The van der Waals surface area contributed by atoms with E-state index < -0.39 is 4.92 Å². The smallest absolute Gasteiger partial charge is 0.353 e. The Hall–Kier alpha value is -2.65. The van der Waals surface area contributed by atoms with E-state index in [1.807, 2.05) is 18.7 Å². The van der Waals surface area contributed by atoms with Gasteiger partial charge in [0, 0.05) is 23.8 Å². The Kier molecular flexibility index (Phi) is 5.10. The van der Waals surface area contributed by atoms with Crippen LogP contribution in [0.4, 0.5) is 29.0 Å². The van der Waals surface area contributed by atoms with E-state index in [9.17, 15) is 10.1 Å². The second kappa shape index (κ2) is 7.30. The molecule has 0 bridgehead atoms. The van der Waals surface area contributed by atoms with Crippen molar-refractivity contribution < 1.29 is 9.66 Å². The molecule has 1 fully saturated rings. The van der Waals surface area contributed by atoms with Gasteiger partial charge in [-0.05, 0) is 38.1 Å². The van der Waals surface area contributed by atoms with Gasteiger partial charge in [-0.15, -0.1) is 0 Å². The van der Waals surface area contributed by atoms with E-state index in [1.165, 1.54) is 0 Å². The molecule has 1 aliphatic heterocycles. The maximum Gasteiger partial charge on any atom is 0.353 e. The van der Waals surface area contributed by atoms with Crippen molar-refractivity contribution in [2.24, 2.45) is 0 Å². The molecule has 2 heterocycles. The lowest BCUT2D eigenvalue weighted by Crippen LogP contribution is -2.46. The van der Waals surface area contributed by atoms with Crippen molar-refractivity contribution in [3.8, 4) is 0 Å². The number of halogens is 1. The molecule has 0 spiro atoms. The summed E-state index contributed by atoms with van der Waals surface area (Å²) < 4.78 is 5.69. The predicted octanol–water partition coefficient (Wildman–Crippen LogP) is 2.98. The first kappa shape index (κ1) is 18.2. The molecule has 26 heavy (non-hydrogen) atoms.